The van der Waals surface area contributed by atoms with Crippen molar-refractivity contribution in [2.75, 3.05) is 13.1 Å². The number of ketones is 1. The van der Waals surface area contributed by atoms with Crippen molar-refractivity contribution in [3.63, 3.8) is 0 Å². The van der Waals surface area contributed by atoms with Crippen LogP contribution in [0.5, 0.6) is 0 Å². The van der Waals surface area contributed by atoms with Crippen molar-refractivity contribution in [1.82, 2.24) is 10.3 Å². The molecule has 5 heteroatoms. The average molecular weight is 262 g/mol. The molecule has 0 fully saturated rings. The van der Waals surface area contributed by atoms with Crippen LogP contribution in [0.15, 0.2) is 27.4 Å². The Balaban J connectivity index is 2.21. The fourth-order valence-electron chi connectivity index (χ4n) is 2.03. The van der Waals surface area contributed by atoms with Crippen LogP contribution < -0.4 is 11.1 Å². The van der Waals surface area contributed by atoms with E-state index < -0.39 is 5.76 Å². The van der Waals surface area contributed by atoms with E-state index in [9.17, 15) is 9.59 Å². The van der Waals surface area contributed by atoms with Gasteiger partial charge in [-0.05, 0) is 24.6 Å². The summed E-state index contributed by atoms with van der Waals surface area (Å²) in [6.45, 7) is 6.77. The highest BCUT2D eigenvalue weighted by atomic mass is 16.4. The van der Waals surface area contributed by atoms with E-state index in [1.165, 1.54) is 0 Å². The molecule has 0 unspecified atom stereocenters. The molecule has 1 aromatic carbocycles. The highest BCUT2D eigenvalue weighted by Gasteiger charge is 2.21. The maximum atomic E-state index is 11.1. The number of benzene rings is 1. The smallest absolute Gasteiger partial charge is 0.408 e. The molecular formula is C14H18N2O3. The number of Topliss-reactive ketones (excluding diaryl/α,β-unsaturated/α-hetero) is 1. The van der Waals surface area contributed by atoms with E-state index in [-0.39, 0.29) is 11.2 Å². The van der Waals surface area contributed by atoms with E-state index in [4.69, 9.17) is 4.42 Å². The standard InChI is InChI=1S/C14H18N2O3/c1-9(17)7-15-8-14(2,3)10-4-5-12-11(6-10)16-13(18)19-12/h4-6,15H,7-8H2,1-3H3,(H,16,18). The summed E-state index contributed by atoms with van der Waals surface area (Å²) in [5, 5.41) is 3.13. The Morgan fingerprint density at radius 1 is 1.42 bits per heavy atom. The summed E-state index contributed by atoms with van der Waals surface area (Å²) in [6.07, 6.45) is 0. The molecule has 0 aliphatic heterocycles. The second-order valence-electron chi connectivity index (χ2n) is 5.41. The van der Waals surface area contributed by atoms with Crippen LogP contribution in [0.2, 0.25) is 0 Å². The monoisotopic (exact) mass is 262 g/mol. The largest absolute Gasteiger partial charge is 0.417 e. The maximum absolute atomic E-state index is 11.1. The normalized spacial score (nSPS) is 11.9. The minimum atomic E-state index is -0.445. The molecular weight excluding hydrogens is 244 g/mol. The summed E-state index contributed by atoms with van der Waals surface area (Å²) in [5.41, 5.74) is 2.19. The van der Waals surface area contributed by atoms with Crippen LogP contribution in [-0.4, -0.2) is 23.9 Å². The molecule has 0 spiro atoms. The van der Waals surface area contributed by atoms with Gasteiger partial charge in [-0.15, -0.1) is 0 Å². The lowest BCUT2D eigenvalue weighted by Crippen LogP contribution is -2.35. The van der Waals surface area contributed by atoms with Crippen LogP contribution >= 0.6 is 0 Å². The van der Waals surface area contributed by atoms with Crippen LogP contribution in [0.25, 0.3) is 11.1 Å². The van der Waals surface area contributed by atoms with Crippen molar-refractivity contribution in [2.24, 2.45) is 0 Å². The van der Waals surface area contributed by atoms with Gasteiger partial charge < -0.3 is 9.73 Å². The lowest BCUT2D eigenvalue weighted by Gasteiger charge is -2.25. The minimum Gasteiger partial charge on any atom is -0.408 e. The van der Waals surface area contributed by atoms with Gasteiger partial charge in [-0.2, -0.15) is 0 Å². The minimum absolute atomic E-state index is 0.116. The highest BCUT2D eigenvalue weighted by molar-refractivity contribution is 5.77. The molecule has 1 aromatic heterocycles. The Bertz CT molecular complexity index is 652. The van der Waals surface area contributed by atoms with Crippen molar-refractivity contribution >= 4 is 16.9 Å². The molecule has 5 nitrogen and oxygen atoms in total. The van der Waals surface area contributed by atoms with E-state index in [0.29, 0.717) is 24.2 Å². The molecule has 19 heavy (non-hydrogen) atoms. The first-order valence-electron chi connectivity index (χ1n) is 6.22. The third kappa shape index (κ3) is 3.12. The molecule has 102 valence electrons. The molecule has 0 saturated carbocycles. The second kappa shape index (κ2) is 5.01. The predicted molar refractivity (Wildman–Crippen MR) is 73.4 cm³/mol. The van der Waals surface area contributed by atoms with Crippen molar-refractivity contribution in [3.8, 4) is 0 Å². The van der Waals surface area contributed by atoms with Gasteiger partial charge in [-0.3, -0.25) is 9.78 Å². The SMILES string of the molecule is CC(=O)CNCC(C)(C)c1ccc2oc(=O)[nH]c2c1. The number of nitrogens with one attached hydrogen (secondary N) is 2. The van der Waals surface area contributed by atoms with Crippen molar-refractivity contribution in [3.05, 3.63) is 34.3 Å². The third-order valence-corrected chi connectivity index (χ3v) is 3.14. The number of carbonyl (C=O) groups is 1. The Morgan fingerprint density at radius 3 is 2.84 bits per heavy atom. The van der Waals surface area contributed by atoms with Crippen LogP contribution in [-0.2, 0) is 10.2 Å². The van der Waals surface area contributed by atoms with Gasteiger partial charge in [0, 0.05) is 12.0 Å². The first-order chi connectivity index (χ1) is 8.88. The zero-order valence-corrected chi connectivity index (χ0v) is 11.4. The lowest BCUT2D eigenvalue weighted by molar-refractivity contribution is -0.116. The molecule has 0 aliphatic rings. The number of carbonyl (C=O) groups excluding carboxylic acids is 1. The maximum Gasteiger partial charge on any atom is 0.417 e. The van der Waals surface area contributed by atoms with Crippen molar-refractivity contribution in [2.45, 2.75) is 26.2 Å². The van der Waals surface area contributed by atoms with Gasteiger partial charge in [0.05, 0.1) is 12.1 Å². The number of aromatic amines is 1. The first kappa shape index (κ1) is 13.5. The van der Waals surface area contributed by atoms with Crippen molar-refractivity contribution in [1.29, 1.82) is 0 Å². The number of fused-ring (bicyclic) bond motifs is 1. The van der Waals surface area contributed by atoms with Gasteiger partial charge in [-0.1, -0.05) is 19.9 Å². The zero-order chi connectivity index (χ0) is 14.0. The molecule has 0 saturated heterocycles. The second-order valence-corrected chi connectivity index (χ2v) is 5.41. The average Bonchev–Trinajstić information content (AvgIpc) is 2.67. The third-order valence-electron chi connectivity index (χ3n) is 3.14. The summed E-state index contributed by atoms with van der Waals surface area (Å²) in [6, 6.07) is 5.64. The number of hydrogen-bond donors (Lipinski definition) is 2. The Morgan fingerprint density at radius 2 is 2.16 bits per heavy atom. The molecule has 0 bridgehead atoms. The van der Waals surface area contributed by atoms with Gasteiger partial charge in [-0.25, -0.2) is 4.79 Å². The number of aromatic nitrogens is 1. The summed E-state index contributed by atoms with van der Waals surface area (Å²) in [5.74, 6) is -0.329. The number of rotatable bonds is 5. The Kier molecular flexibility index (Phi) is 3.57. The van der Waals surface area contributed by atoms with Crippen LogP contribution in [0.3, 0.4) is 0 Å². The topological polar surface area (TPSA) is 75.1 Å². The highest BCUT2D eigenvalue weighted by Crippen LogP contribution is 2.25. The lowest BCUT2D eigenvalue weighted by atomic mass is 9.84. The number of H-pyrrole nitrogens is 1. The summed E-state index contributed by atoms with van der Waals surface area (Å²) in [7, 11) is 0. The zero-order valence-electron chi connectivity index (χ0n) is 11.4. The summed E-state index contributed by atoms with van der Waals surface area (Å²) < 4.78 is 4.98. The molecule has 2 N–H and O–H groups in total. The molecule has 0 amide bonds. The predicted octanol–water partition coefficient (Wildman–Crippen LogP) is 1.58. The van der Waals surface area contributed by atoms with E-state index in [2.05, 4.69) is 24.1 Å². The number of oxazole rings is 1. The quantitative estimate of drug-likeness (QED) is 0.857. The first-order valence-corrected chi connectivity index (χ1v) is 6.22. The van der Waals surface area contributed by atoms with E-state index in [1.54, 1.807) is 13.0 Å². The fraction of sp³-hybridized carbons (Fsp3) is 0.429. The molecule has 0 radical (unpaired) electrons. The van der Waals surface area contributed by atoms with E-state index in [0.717, 1.165) is 5.56 Å². The van der Waals surface area contributed by atoms with Gasteiger partial charge in [0.15, 0.2) is 5.58 Å². The molecule has 1 heterocycles. The summed E-state index contributed by atoms with van der Waals surface area (Å²) in [4.78, 5) is 24.7. The molecule has 2 rings (SSSR count). The van der Waals surface area contributed by atoms with E-state index in [1.807, 2.05) is 12.1 Å². The number of hydrogen-bond acceptors (Lipinski definition) is 4. The Hall–Kier alpha value is -1.88. The van der Waals surface area contributed by atoms with Crippen molar-refractivity contribution < 1.29 is 9.21 Å². The van der Waals surface area contributed by atoms with Gasteiger partial charge in [0.1, 0.15) is 5.78 Å². The van der Waals surface area contributed by atoms with Gasteiger partial charge in [0.2, 0.25) is 0 Å². The Labute approximate surface area is 111 Å². The molecule has 2 aromatic rings. The van der Waals surface area contributed by atoms with Crippen LogP contribution in [0.1, 0.15) is 26.3 Å². The molecule has 0 aliphatic carbocycles. The van der Waals surface area contributed by atoms with Gasteiger partial charge >= 0.3 is 5.76 Å². The van der Waals surface area contributed by atoms with E-state index >= 15 is 0 Å². The van der Waals surface area contributed by atoms with Gasteiger partial charge in [0.25, 0.3) is 0 Å². The van der Waals surface area contributed by atoms with Crippen LogP contribution in [0, 0.1) is 0 Å². The van der Waals surface area contributed by atoms with Crippen LogP contribution in [0.4, 0.5) is 0 Å². The molecule has 0 atom stereocenters. The summed E-state index contributed by atoms with van der Waals surface area (Å²) >= 11 is 0. The fourth-order valence-corrected chi connectivity index (χ4v) is 2.03.